The second kappa shape index (κ2) is 5.83. The van der Waals surface area contributed by atoms with Crippen molar-refractivity contribution in [3.05, 3.63) is 30.6 Å². The minimum absolute atomic E-state index is 0.276. The molecular formula is C14H13F3N8. The second-order valence-corrected chi connectivity index (χ2v) is 5.56. The van der Waals surface area contributed by atoms with Crippen LogP contribution in [0.2, 0.25) is 0 Å². The van der Waals surface area contributed by atoms with Crippen molar-refractivity contribution in [2.24, 2.45) is 0 Å². The molecule has 0 spiro atoms. The fourth-order valence-corrected chi connectivity index (χ4v) is 2.83. The van der Waals surface area contributed by atoms with Crippen LogP contribution in [0.15, 0.2) is 24.9 Å². The van der Waals surface area contributed by atoms with Crippen molar-refractivity contribution >= 4 is 22.7 Å². The molecule has 1 saturated heterocycles. The van der Waals surface area contributed by atoms with Gasteiger partial charge in [0.2, 0.25) is 0 Å². The lowest BCUT2D eigenvalue weighted by atomic mass is 10.2. The third kappa shape index (κ3) is 2.92. The first-order valence-electron chi connectivity index (χ1n) is 7.55. The molecule has 4 heterocycles. The fourth-order valence-electron chi connectivity index (χ4n) is 2.83. The number of alkyl halides is 3. The van der Waals surface area contributed by atoms with Crippen LogP contribution in [0.25, 0.3) is 11.0 Å². The number of hydrogen-bond acceptors (Lipinski definition) is 7. The van der Waals surface area contributed by atoms with Crippen molar-refractivity contribution in [1.29, 1.82) is 0 Å². The summed E-state index contributed by atoms with van der Waals surface area (Å²) in [6, 6.07) is 0.981. The molecule has 0 unspecified atom stereocenters. The zero-order valence-corrected chi connectivity index (χ0v) is 12.9. The summed E-state index contributed by atoms with van der Waals surface area (Å²) in [5.41, 5.74) is -0.283. The van der Waals surface area contributed by atoms with Gasteiger partial charge < -0.3 is 9.80 Å². The van der Waals surface area contributed by atoms with Crippen LogP contribution in [0, 0.1) is 0 Å². The van der Waals surface area contributed by atoms with Gasteiger partial charge in [0.1, 0.15) is 30.0 Å². The van der Waals surface area contributed by atoms with E-state index in [0.717, 1.165) is 23.6 Å². The Kier molecular flexibility index (Phi) is 3.62. The Morgan fingerprint density at radius 2 is 1.64 bits per heavy atom. The van der Waals surface area contributed by atoms with Crippen LogP contribution < -0.4 is 9.80 Å². The SMILES string of the molecule is FC(F)(F)c1cc(N2CCN(c3ncnc4[nH]ncc34)CC2)ncn1. The average molecular weight is 350 g/mol. The van der Waals surface area contributed by atoms with Gasteiger partial charge in [0.25, 0.3) is 0 Å². The third-order valence-corrected chi connectivity index (χ3v) is 4.07. The summed E-state index contributed by atoms with van der Waals surface area (Å²) >= 11 is 0. The highest BCUT2D eigenvalue weighted by atomic mass is 19.4. The molecule has 0 radical (unpaired) electrons. The maximum atomic E-state index is 12.8. The number of H-pyrrole nitrogens is 1. The van der Waals surface area contributed by atoms with Crippen LogP contribution in [-0.2, 0) is 6.18 Å². The van der Waals surface area contributed by atoms with Crippen molar-refractivity contribution in [1.82, 2.24) is 30.1 Å². The van der Waals surface area contributed by atoms with E-state index in [1.807, 2.05) is 0 Å². The van der Waals surface area contributed by atoms with Gasteiger partial charge in [0.15, 0.2) is 5.65 Å². The number of fused-ring (bicyclic) bond motifs is 1. The molecule has 0 aromatic carbocycles. The van der Waals surface area contributed by atoms with E-state index < -0.39 is 11.9 Å². The van der Waals surface area contributed by atoms with E-state index in [1.165, 1.54) is 6.33 Å². The number of nitrogens with one attached hydrogen (secondary N) is 1. The predicted molar refractivity (Wildman–Crippen MR) is 83.1 cm³/mol. The van der Waals surface area contributed by atoms with Crippen molar-refractivity contribution in [3.63, 3.8) is 0 Å². The summed E-state index contributed by atoms with van der Waals surface area (Å²) in [5.74, 6) is 1.04. The van der Waals surface area contributed by atoms with Gasteiger partial charge in [-0.1, -0.05) is 0 Å². The van der Waals surface area contributed by atoms with E-state index in [-0.39, 0.29) is 5.82 Å². The lowest BCUT2D eigenvalue weighted by Gasteiger charge is -2.36. The summed E-state index contributed by atoms with van der Waals surface area (Å²) in [5, 5.41) is 7.57. The highest BCUT2D eigenvalue weighted by molar-refractivity contribution is 5.86. The number of halogens is 3. The number of aromatic amines is 1. The quantitative estimate of drug-likeness (QED) is 0.749. The topological polar surface area (TPSA) is 86.7 Å². The molecule has 1 aliphatic heterocycles. The van der Waals surface area contributed by atoms with Crippen molar-refractivity contribution in [2.45, 2.75) is 6.18 Å². The Labute approximate surface area is 139 Å². The second-order valence-electron chi connectivity index (χ2n) is 5.56. The lowest BCUT2D eigenvalue weighted by Crippen LogP contribution is -2.47. The molecule has 3 aromatic rings. The zero-order valence-electron chi connectivity index (χ0n) is 12.9. The number of piperazine rings is 1. The molecule has 1 N–H and O–H groups in total. The number of nitrogens with zero attached hydrogens (tertiary/aromatic N) is 7. The molecule has 11 heteroatoms. The standard InChI is InChI=1S/C14H13F3N8/c15-14(16,17)10-5-11(19-7-18-10)24-1-3-25(4-2-24)13-9-6-22-23-12(9)20-8-21-13/h5-8H,1-4H2,(H,20,21,22,23). The van der Waals surface area contributed by atoms with Crippen LogP contribution >= 0.6 is 0 Å². The molecule has 1 fully saturated rings. The predicted octanol–water partition coefficient (Wildman–Crippen LogP) is 1.49. The Bertz CT molecular complexity index is 885. The molecule has 1 aliphatic rings. The van der Waals surface area contributed by atoms with Crippen LogP contribution in [0.4, 0.5) is 24.8 Å². The summed E-state index contributed by atoms with van der Waals surface area (Å²) in [4.78, 5) is 19.5. The minimum Gasteiger partial charge on any atom is -0.353 e. The molecular weight excluding hydrogens is 337 g/mol. The minimum atomic E-state index is -4.48. The van der Waals surface area contributed by atoms with Gasteiger partial charge in [0.05, 0.1) is 11.6 Å². The summed E-state index contributed by atoms with van der Waals surface area (Å²) in [6.07, 6.45) is -0.406. The molecule has 8 nitrogen and oxygen atoms in total. The molecule has 0 atom stereocenters. The van der Waals surface area contributed by atoms with E-state index in [9.17, 15) is 13.2 Å². The van der Waals surface area contributed by atoms with E-state index in [0.29, 0.717) is 31.8 Å². The van der Waals surface area contributed by atoms with Crippen molar-refractivity contribution in [2.75, 3.05) is 36.0 Å². The van der Waals surface area contributed by atoms with Gasteiger partial charge in [-0.15, -0.1) is 0 Å². The summed E-state index contributed by atoms with van der Waals surface area (Å²) in [7, 11) is 0. The van der Waals surface area contributed by atoms with E-state index in [4.69, 9.17) is 0 Å². The fraction of sp³-hybridized carbons (Fsp3) is 0.357. The molecule has 25 heavy (non-hydrogen) atoms. The monoisotopic (exact) mass is 350 g/mol. The summed E-state index contributed by atoms with van der Waals surface area (Å²) in [6.45, 7) is 2.25. The Morgan fingerprint density at radius 1 is 0.920 bits per heavy atom. The normalized spacial score (nSPS) is 15.8. The van der Waals surface area contributed by atoms with Crippen LogP contribution in [0.3, 0.4) is 0 Å². The maximum absolute atomic E-state index is 12.8. The van der Waals surface area contributed by atoms with Gasteiger partial charge in [0, 0.05) is 32.2 Å². The average Bonchev–Trinajstić information content (AvgIpc) is 3.10. The van der Waals surface area contributed by atoms with Crippen molar-refractivity contribution in [3.8, 4) is 0 Å². The smallest absolute Gasteiger partial charge is 0.353 e. The highest BCUT2D eigenvalue weighted by Crippen LogP contribution is 2.29. The Balaban J connectivity index is 1.51. The van der Waals surface area contributed by atoms with Crippen LogP contribution in [0.5, 0.6) is 0 Å². The summed E-state index contributed by atoms with van der Waals surface area (Å²) < 4.78 is 38.4. The number of anilines is 2. The largest absolute Gasteiger partial charge is 0.433 e. The Morgan fingerprint density at radius 3 is 2.40 bits per heavy atom. The van der Waals surface area contributed by atoms with Gasteiger partial charge >= 0.3 is 6.18 Å². The molecule has 4 rings (SSSR count). The number of aromatic nitrogens is 6. The van der Waals surface area contributed by atoms with Crippen LogP contribution in [0.1, 0.15) is 5.69 Å². The van der Waals surface area contributed by atoms with E-state index in [2.05, 4.69) is 35.0 Å². The third-order valence-electron chi connectivity index (χ3n) is 4.07. The first-order valence-corrected chi connectivity index (χ1v) is 7.55. The lowest BCUT2D eigenvalue weighted by molar-refractivity contribution is -0.141. The molecule has 0 saturated carbocycles. The molecule has 0 aliphatic carbocycles. The zero-order chi connectivity index (χ0) is 17.4. The van der Waals surface area contributed by atoms with E-state index >= 15 is 0 Å². The first-order chi connectivity index (χ1) is 12.0. The number of rotatable bonds is 2. The number of hydrogen-bond donors (Lipinski definition) is 1. The van der Waals surface area contributed by atoms with Crippen LogP contribution in [-0.4, -0.2) is 56.3 Å². The highest BCUT2D eigenvalue weighted by Gasteiger charge is 2.33. The van der Waals surface area contributed by atoms with Gasteiger partial charge in [-0.2, -0.15) is 18.3 Å². The molecule has 130 valence electrons. The van der Waals surface area contributed by atoms with E-state index in [1.54, 1.807) is 11.1 Å². The molecule has 3 aromatic heterocycles. The first kappa shape index (κ1) is 15.5. The van der Waals surface area contributed by atoms with Gasteiger partial charge in [-0.3, -0.25) is 5.10 Å². The molecule has 0 amide bonds. The van der Waals surface area contributed by atoms with Crippen molar-refractivity contribution < 1.29 is 13.2 Å². The Hall–Kier alpha value is -2.98. The molecule has 0 bridgehead atoms. The van der Waals surface area contributed by atoms with Gasteiger partial charge in [-0.05, 0) is 0 Å². The maximum Gasteiger partial charge on any atom is 0.433 e. The van der Waals surface area contributed by atoms with Gasteiger partial charge in [-0.25, -0.2) is 19.9 Å².